The summed E-state index contributed by atoms with van der Waals surface area (Å²) in [6.45, 7) is 0. The monoisotopic (exact) mass is 360 g/mol. The second kappa shape index (κ2) is 4.38. The van der Waals surface area contributed by atoms with Crippen LogP contribution in [0.15, 0.2) is 0 Å². The van der Waals surface area contributed by atoms with Crippen molar-refractivity contribution < 1.29 is 0 Å². The highest BCUT2D eigenvalue weighted by molar-refractivity contribution is 7.66. The van der Waals surface area contributed by atoms with E-state index >= 15 is 0 Å². The minimum absolute atomic E-state index is 0.282. The Kier molecular flexibility index (Phi) is 3.97. The predicted octanol–water partition coefficient (Wildman–Crippen LogP) is 5.47. The van der Waals surface area contributed by atoms with E-state index < -0.39 is 12.0 Å². The van der Waals surface area contributed by atoms with Gasteiger partial charge in [-0.2, -0.15) is 0 Å². The molecule has 88 valence electrons. The van der Waals surface area contributed by atoms with Crippen LogP contribution in [0.3, 0.4) is 0 Å². The van der Waals surface area contributed by atoms with Crippen molar-refractivity contribution in [1.82, 2.24) is 0 Å². The van der Waals surface area contributed by atoms with E-state index in [0.29, 0.717) is 11.8 Å². The van der Waals surface area contributed by atoms with Crippen LogP contribution in [0.25, 0.3) is 0 Å². The molecule has 0 radical (unpaired) electrons. The summed E-state index contributed by atoms with van der Waals surface area (Å²) in [7, 11) is 0. The normalized spacial score (nSPS) is 41.2. The van der Waals surface area contributed by atoms with Crippen LogP contribution < -0.4 is 0 Å². The summed E-state index contributed by atoms with van der Waals surface area (Å²) >= 11 is 36.5. The van der Waals surface area contributed by atoms with Gasteiger partial charge in [0.05, 0.1) is 0 Å². The van der Waals surface area contributed by atoms with Crippen LogP contribution in [-0.4, -0.2) is 12.0 Å². The molecule has 0 spiro atoms. The summed E-state index contributed by atoms with van der Waals surface area (Å²) in [5.41, 5.74) is 0.565. The third-order valence-electron chi connectivity index (χ3n) is 3.70. The van der Waals surface area contributed by atoms with Crippen molar-refractivity contribution in [2.24, 2.45) is 11.8 Å². The quantitative estimate of drug-likeness (QED) is 0.451. The molecule has 4 atom stereocenters. The minimum atomic E-state index is -2.56. The van der Waals surface area contributed by atoms with Crippen LogP contribution in [0.4, 0.5) is 0 Å². The highest BCUT2D eigenvalue weighted by atomic mass is 35.8. The molecule has 0 aromatic carbocycles. The maximum Gasteiger partial charge on any atom is 0.344 e. The van der Waals surface area contributed by atoms with Gasteiger partial charge in [-0.05, 0) is 42.2 Å². The Morgan fingerprint density at radius 3 is 1.13 bits per heavy atom. The van der Waals surface area contributed by atoms with E-state index in [-0.39, 0.29) is 11.1 Å². The van der Waals surface area contributed by atoms with Gasteiger partial charge in [0, 0.05) is 0 Å². The van der Waals surface area contributed by atoms with Crippen molar-refractivity contribution >= 4 is 78.5 Å². The van der Waals surface area contributed by atoms with Gasteiger partial charge in [0.1, 0.15) is 0 Å². The van der Waals surface area contributed by atoms with Crippen LogP contribution in [0.5, 0.6) is 0 Å². The van der Waals surface area contributed by atoms with Gasteiger partial charge in [0.25, 0.3) is 0 Å². The molecule has 0 aliphatic heterocycles. The Bertz CT molecular complexity index is 233. The molecule has 0 aromatic heterocycles. The van der Waals surface area contributed by atoms with E-state index in [2.05, 4.69) is 0 Å². The van der Waals surface area contributed by atoms with Gasteiger partial charge in [-0.25, -0.2) is 0 Å². The van der Waals surface area contributed by atoms with Crippen molar-refractivity contribution in [3.05, 3.63) is 0 Å². The van der Waals surface area contributed by atoms with Gasteiger partial charge < -0.3 is 0 Å². The molecular formula is C7H10Cl6Si2. The number of halogens is 6. The van der Waals surface area contributed by atoms with Crippen molar-refractivity contribution in [2.75, 3.05) is 0 Å². The Balaban J connectivity index is 2.07. The fourth-order valence-electron chi connectivity index (χ4n) is 3.08. The van der Waals surface area contributed by atoms with E-state index in [1.807, 2.05) is 0 Å². The lowest BCUT2D eigenvalue weighted by atomic mass is 9.99. The van der Waals surface area contributed by atoms with Crippen LogP contribution in [0.1, 0.15) is 19.3 Å². The predicted molar refractivity (Wildman–Crippen MR) is 75.0 cm³/mol. The molecule has 0 amide bonds. The van der Waals surface area contributed by atoms with Crippen LogP contribution >= 0.6 is 66.5 Å². The van der Waals surface area contributed by atoms with Gasteiger partial charge in [0.2, 0.25) is 0 Å². The molecule has 2 rings (SSSR count). The second-order valence-corrected chi connectivity index (χ2v) is 22.4. The molecule has 2 aliphatic carbocycles. The zero-order valence-electron chi connectivity index (χ0n) is 7.70. The number of hydrogen-bond donors (Lipinski definition) is 0. The molecule has 0 nitrogen and oxygen atoms in total. The maximum atomic E-state index is 6.08. The van der Waals surface area contributed by atoms with Gasteiger partial charge in [0.15, 0.2) is 0 Å². The largest absolute Gasteiger partial charge is 0.344 e. The second-order valence-electron chi connectivity index (χ2n) is 4.52. The fraction of sp³-hybridized carbons (Fsp3) is 1.00. The van der Waals surface area contributed by atoms with Gasteiger partial charge in [-0.15, -0.1) is 66.5 Å². The van der Waals surface area contributed by atoms with E-state index in [1.54, 1.807) is 0 Å². The summed E-state index contributed by atoms with van der Waals surface area (Å²) in [6, 6.07) is -5.13. The molecule has 2 aliphatic rings. The lowest BCUT2D eigenvalue weighted by Gasteiger charge is -2.32. The van der Waals surface area contributed by atoms with Crippen molar-refractivity contribution in [3.63, 3.8) is 0 Å². The first-order chi connectivity index (χ1) is 6.69. The highest BCUT2D eigenvalue weighted by Gasteiger charge is 2.58. The molecule has 8 heteroatoms. The third-order valence-corrected chi connectivity index (χ3v) is 11.8. The highest BCUT2D eigenvalue weighted by Crippen LogP contribution is 2.65. The van der Waals surface area contributed by atoms with Crippen molar-refractivity contribution in [2.45, 2.75) is 30.3 Å². The van der Waals surface area contributed by atoms with Gasteiger partial charge in [-0.1, -0.05) is 0 Å². The number of fused-ring (bicyclic) bond motifs is 2. The molecule has 4 unspecified atom stereocenters. The van der Waals surface area contributed by atoms with Crippen LogP contribution in [0.2, 0.25) is 11.1 Å². The molecule has 0 heterocycles. The maximum absolute atomic E-state index is 6.08. The van der Waals surface area contributed by atoms with E-state index in [9.17, 15) is 0 Å². The average Bonchev–Trinajstić information content (AvgIpc) is 2.57. The lowest BCUT2D eigenvalue weighted by molar-refractivity contribution is 0.473. The summed E-state index contributed by atoms with van der Waals surface area (Å²) in [6.07, 6.45) is 3.01. The molecule has 2 bridgehead atoms. The lowest BCUT2D eigenvalue weighted by Crippen LogP contribution is -2.31. The molecule has 0 saturated heterocycles. The Morgan fingerprint density at radius 1 is 0.600 bits per heavy atom. The first-order valence-electron chi connectivity index (χ1n) is 4.83. The summed E-state index contributed by atoms with van der Waals surface area (Å²) < 4.78 is 0. The molecule has 0 aromatic rings. The topological polar surface area (TPSA) is 0 Å². The van der Waals surface area contributed by atoms with Gasteiger partial charge >= 0.3 is 12.0 Å². The zero-order chi connectivity index (χ0) is 11.4. The van der Waals surface area contributed by atoms with E-state index in [0.717, 1.165) is 19.3 Å². The van der Waals surface area contributed by atoms with E-state index in [4.69, 9.17) is 66.5 Å². The molecule has 15 heavy (non-hydrogen) atoms. The summed E-state index contributed by atoms with van der Waals surface area (Å²) in [5.74, 6) is 0.976. The molecular weight excluding hydrogens is 353 g/mol. The minimum Gasteiger partial charge on any atom is -0.126 e. The summed E-state index contributed by atoms with van der Waals surface area (Å²) in [4.78, 5) is 0. The number of hydrogen-bond acceptors (Lipinski definition) is 0. The molecule has 2 fully saturated rings. The summed E-state index contributed by atoms with van der Waals surface area (Å²) in [5, 5.41) is 0. The molecule has 0 N–H and O–H groups in total. The standard InChI is InChI=1S/C7H10Cl6Si2/c8-14(9,10)6-2-4-1-5(6)3-7(4)15(11,12)13/h4-7H,1-3H2. The van der Waals surface area contributed by atoms with E-state index in [1.165, 1.54) is 0 Å². The number of rotatable bonds is 2. The first-order valence-corrected chi connectivity index (χ1v) is 15.1. The fourth-order valence-corrected chi connectivity index (χ4v) is 10.6. The van der Waals surface area contributed by atoms with Gasteiger partial charge in [-0.3, -0.25) is 0 Å². The SMILES string of the molecule is Cl[Si](Cl)(Cl)C1CC2CC1CC2[Si](Cl)(Cl)Cl. The average molecular weight is 363 g/mol. The molecule has 2 saturated carbocycles. The smallest absolute Gasteiger partial charge is 0.126 e. The van der Waals surface area contributed by atoms with Crippen LogP contribution in [-0.2, 0) is 0 Å². The third kappa shape index (κ3) is 2.78. The Morgan fingerprint density at radius 2 is 0.933 bits per heavy atom. The van der Waals surface area contributed by atoms with Crippen LogP contribution in [0, 0.1) is 11.8 Å². The zero-order valence-corrected chi connectivity index (χ0v) is 14.2. The Labute approximate surface area is 120 Å². The van der Waals surface area contributed by atoms with Crippen molar-refractivity contribution in [3.8, 4) is 0 Å². The first kappa shape index (κ1) is 13.6. The Hall–Kier alpha value is 2.17. The van der Waals surface area contributed by atoms with Crippen molar-refractivity contribution in [1.29, 1.82) is 0 Å².